The van der Waals surface area contributed by atoms with Crippen molar-refractivity contribution in [3.05, 3.63) is 60.2 Å². The van der Waals surface area contributed by atoms with Gasteiger partial charge in [0, 0.05) is 19.6 Å². The zero-order valence-electron chi connectivity index (χ0n) is 16.6. The van der Waals surface area contributed by atoms with Crippen molar-refractivity contribution in [2.24, 2.45) is 0 Å². The van der Waals surface area contributed by atoms with Gasteiger partial charge >= 0.3 is 0 Å². The first-order valence-electron chi connectivity index (χ1n) is 9.95. The zero-order chi connectivity index (χ0) is 20.9. The van der Waals surface area contributed by atoms with Crippen LogP contribution in [0.25, 0.3) is 0 Å². The minimum Gasteiger partial charge on any atom is -0.211 e. The van der Waals surface area contributed by atoms with Gasteiger partial charge in [0.05, 0.1) is 9.79 Å². The van der Waals surface area contributed by atoms with E-state index >= 15 is 0 Å². The van der Waals surface area contributed by atoms with E-state index in [-0.39, 0.29) is 15.7 Å². The average Bonchev–Trinajstić information content (AvgIpc) is 2.75. The molecule has 1 unspecified atom stereocenters. The lowest BCUT2D eigenvalue weighted by molar-refractivity contribution is 0.346. The van der Waals surface area contributed by atoms with Gasteiger partial charge in [-0.2, -0.15) is 4.31 Å². The number of hydrogen-bond donors (Lipinski definition) is 1. The lowest BCUT2D eigenvalue weighted by atomic mass is 9.98. The monoisotopic (exact) mass is 436 g/mol. The number of nitrogens with zero attached hydrogens (tertiary/aromatic N) is 1. The molecule has 1 saturated heterocycles. The Bertz CT molecular complexity index is 998. The molecule has 0 bridgehead atoms. The fraction of sp³-hybridized carbons (Fsp3) is 0.429. The first-order valence-corrected chi connectivity index (χ1v) is 12.9. The summed E-state index contributed by atoms with van der Waals surface area (Å²) >= 11 is 0. The van der Waals surface area contributed by atoms with Gasteiger partial charge < -0.3 is 0 Å². The molecule has 0 radical (unpaired) electrons. The van der Waals surface area contributed by atoms with Crippen molar-refractivity contribution >= 4 is 20.0 Å². The second-order valence-corrected chi connectivity index (χ2v) is 11.1. The fourth-order valence-electron chi connectivity index (χ4n) is 3.49. The smallest absolute Gasteiger partial charge is 0.211 e. The highest BCUT2D eigenvalue weighted by Gasteiger charge is 2.26. The van der Waals surface area contributed by atoms with Crippen LogP contribution in [0, 0.1) is 0 Å². The third kappa shape index (κ3) is 5.45. The quantitative estimate of drug-likeness (QED) is 0.688. The predicted molar refractivity (Wildman–Crippen MR) is 114 cm³/mol. The summed E-state index contributed by atoms with van der Waals surface area (Å²) in [5.74, 6) is 0.232. The molecule has 6 nitrogen and oxygen atoms in total. The van der Waals surface area contributed by atoms with E-state index in [1.807, 2.05) is 30.3 Å². The number of nitrogens with one attached hydrogen (secondary N) is 1. The highest BCUT2D eigenvalue weighted by molar-refractivity contribution is 7.89. The topological polar surface area (TPSA) is 83.5 Å². The van der Waals surface area contributed by atoms with Crippen LogP contribution in [0.2, 0.25) is 0 Å². The van der Waals surface area contributed by atoms with Crippen molar-refractivity contribution in [3.8, 4) is 0 Å². The molecule has 1 heterocycles. The zero-order valence-corrected chi connectivity index (χ0v) is 18.3. The number of benzene rings is 2. The molecule has 0 spiro atoms. The van der Waals surface area contributed by atoms with E-state index in [4.69, 9.17) is 0 Å². The summed E-state index contributed by atoms with van der Waals surface area (Å²) in [4.78, 5) is 0.207. The molecule has 1 aliphatic heterocycles. The van der Waals surface area contributed by atoms with Crippen LogP contribution in [0.5, 0.6) is 0 Å². The fourth-order valence-corrected chi connectivity index (χ4v) is 6.05. The van der Waals surface area contributed by atoms with Crippen LogP contribution in [0.4, 0.5) is 0 Å². The van der Waals surface area contributed by atoms with Gasteiger partial charge in [-0.1, -0.05) is 43.7 Å². The largest absolute Gasteiger partial charge is 0.243 e. The van der Waals surface area contributed by atoms with Gasteiger partial charge in [0.2, 0.25) is 20.0 Å². The Hall–Kier alpha value is -1.74. The standard InChI is InChI=1S/C21H28N2O4S2/c1-18(19-8-4-2-5-9-19)14-15-22-28(24,25)20-10-12-21(13-11-20)29(26,27)23-16-6-3-7-17-23/h2,4-5,8-13,18,22H,3,6-7,14-17H2,1H3. The summed E-state index contributed by atoms with van der Waals surface area (Å²) in [6, 6.07) is 15.4. The summed E-state index contributed by atoms with van der Waals surface area (Å²) in [6.07, 6.45) is 3.43. The van der Waals surface area contributed by atoms with Gasteiger partial charge in [-0.3, -0.25) is 0 Å². The minimum absolute atomic E-state index is 0.0717. The summed E-state index contributed by atoms with van der Waals surface area (Å²) in [7, 11) is -7.25. The second kappa shape index (κ2) is 9.38. The van der Waals surface area contributed by atoms with E-state index in [0.29, 0.717) is 26.1 Å². The van der Waals surface area contributed by atoms with Crippen molar-refractivity contribution in [1.29, 1.82) is 0 Å². The molecular formula is C21H28N2O4S2. The molecule has 1 aliphatic rings. The molecule has 1 fully saturated rings. The first-order chi connectivity index (χ1) is 13.8. The molecule has 2 aromatic carbocycles. The summed E-state index contributed by atoms with van der Waals surface area (Å²) < 4.78 is 54.6. The maximum absolute atomic E-state index is 12.7. The average molecular weight is 437 g/mol. The Kier molecular flexibility index (Phi) is 7.10. The number of piperidine rings is 1. The molecule has 1 atom stereocenters. The Morgan fingerprint density at radius 1 is 0.862 bits per heavy atom. The van der Waals surface area contributed by atoms with E-state index in [2.05, 4.69) is 11.6 Å². The molecule has 158 valence electrons. The normalized spacial score (nSPS) is 17.1. The van der Waals surface area contributed by atoms with Gasteiger partial charge in [-0.25, -0.2) is 21.6 Å². The molecular weight excluding hydrogens is 408 g/mol. The molecule has 0 aliphatic carbocycles. The molecule has 0 aromatic heterocycles. The van der Waals surface area contributed by atoms with Gasteiger partial charge in [0.15, 0.2) is 0 Å². The maximum atomic E-state index is 12.7. The van der Waals surface area contributed by atoms with E-state index in [9.17, 15) is 16.8 Å². The Morgan fingerprint density at radius 3 is 2.07 bits per heavy atom. The Labute approximate surface area is 174 Å². The lowest BCUT2D eigenvalue weighted by Crippen LogP contribution is -2.35. The molecule has 29 heavy (non-hydrogen) atoms. The maximum Gasteiger partial charge on any atom is 0.243 e. The van der Waals surface area contributed by atoms with Crippen LogP contribution >= 0.6 is 0 Å². The summed E-state index contributed by atoms with van der Waals surface area (Å²) in [5.41, 5.74) is 1.17. The van der Waals surface area contributed by atoms with Crippen LogP contribution in [-0.2, 0) is 20.0 Å². The predicted octanol–water partition coefficient (Wildman–Crippen LogP) is 3.33. The van der Waals surface area contributed by atoms with E-state index in [1.54, 1.807) is 0 Å². The minimum atomic E-state index is -3.68. The number of hydrogen-bond acceptors (Lipinski definition) is 4. The van der Waals surface area contributed by atoms with Crippen molar-refractivity contribution in [2.75, 3.05) is 19.6 Å². The first kappa shape index (κ1) is 22.0. The molecule has 2 aromatic rings. The highest BCUT2D eigenvalue weighted by Crippen LogP contribution is 2.22. The van der Waals surface area contributed by atoms with Crippen LogP contribution in [0.1, 0.15) is 44.1 Å². The van der Waals surface area contributed by atoms with E-state index in [1.165, 1.54) is 34.1 Å². The molecule has 0 saturated carbocycles. The molecule has 1 N–H and O–H groups in total. The van der Waals surface area contributed by atoms with Crippen LogP contribution in [0.3, 0.4) is 0 Å². The summed E-state index contributed by atoms with van der Waals surface area (Å²) in [5, 5.41) is 0. The number of rotatable bonds is 8. The third-order valence-electron chi connectivity index (χ3n) is 5.32. The van der Waals surface area contributed by atoms with Gasteiger partial charge in [-0.05, 0) is 55.0 Å². The number of sulfonamides is 2. The van der Waals surface area contributed by atoms with Gasteiger partial charge in [0.1, 0.15) is 0 Å². The van der Waals surface area contributed by atoms with Crippen LogP contribution in [-0.4, -0.2) is 40.8 Å². The Morgan fingerprint density at radius 2 is 1.45 bits per heavy atom. The van der Waals surface area contributed by atoms with Crippen LogP contribution < -0.4 is 4.72 Å². The van der Waals surface area contributed by atoms with Gasteiger partial charge in [0.25, 0.3) is 0 Å². The van der Waals surface area contributed by atoms with E-state index in [0.717, 1.165) is 19.3 Å². The molecule has 0 amide bonds. The van der Waals surface area contributed by atoms with E-state index < -0.39 is 20.0 Å². The third-order valence-corrected chi connectivity index (χ3v) is 8.71. The highest BCUT2D eigenvalue weighted by atomic mass is 32.2. The Balaban J connectivity index is 1.62. The van der Waals surface area contributed by atoms with Crippen molar-refractivity contribution in [1.82, 2.24) is 9.03 Å². The van der Waals surface area contributed by atoms with Gasteiger partial charge in [-0.15, -0.1) is 0 Å². The van der Waals surface area contributed by atoms with Crippen LogP contribution in [0.15, 0.2) is 64.4 Å². The molecule has 8 heteroatoms. The van der Waals surface area contributed by atoms with Crippen molar-refractivity contribution < 1.29 is 16.8 Å². The summed E-state index contributed by atoms with van der Waals surface area (Å²) in [6.45, 7) is 3.41. The van der Waals surface area contributed by atoms with Crippen molar-refractivity contribution in [2.45, 2.75) is 48.3 Å². The van der Waals surface area contributed by atoms with Crippen molar-refractivity contribution in [3.63, 3.8) is 0 Å². The lowest BCUT2D eigenvalue weighted by Gasteiger charge is -2.25. The second-order valence-electron chi connectivity index (χ2n) is 7.43. The SMILES string of the molecule is CC(CCNS(=O)(=O)c1ccc(S(=O)(=O)N2CCCCC2)cc1)c1ccccc1. The molecule has 3 rings (SSSR count).